The number of nitrogens with one attached hydrogen (secondary N) is 2. The minimum absolute atomic E-state index is 0.309. The molecule has 0 radical (unpaired) electrons. The van der Waals surface area contributed by atoms with Gasteiger partial charge < -0.3 is 15.4 Å². The van der Waals surface area contributed by atoms with E-state index in [0.29, 0.717) is 23.7 Å². The van der Waals surface area contributed by atoms with Gasteiger partial charge in [0, 0.05) is 6.54 Å². The van der Waals surface area contributed by atoms with E-state index in [2.05, 4.69) is 17.2 Å². The van der Waals surface area contributed by atoms with Crippen molar-refractivity contribution in [1.82, 2.24) is 5.32 Å². The standard InChI is InChI=1S/C20H22N2O3/c1-4-14-21-18(23)20(2,3)19(24)22-16-12-8-9-13-17(16)25-15-10-6-5-7-11-15/h4-13H,1,14H2,2-3H3,(H,21,23)(H,22,24). The summed E-state index contributed by atoms with van der Waals surface area (Å²) in [6, 6.07) is 16.4. The molecule has 0 heterocycles. The van der Waals surface area contributed by atoms with Crippen LogP contribution in [0.15, 0.2) is 67.3 Å². The molecule has 0 aliphatic heterocycles. The van der Waals surface area contributed by atoms with Gasteiger partial charge in [0.25, 0.3) is 0 Å². The van der Waals surface area contributed by atoms with Crippen molar-refractivity contribution in [2.45, 2.75) is 13.8 Å². The maximum absolute atomic E-state index is 12.6. The van der Waals surface area contributed by atoms with E-state index in [0.717, 1.165) is 0 Å². The minimum Gasteiger partial charge on any atom is -0.455 e. The Balaban J connectivity index is 2.15. The zero-order valence-electron chi connectivity index (χ0n) is 14.4. The van der Waals surface area contributed by atoms with E-state index in [4.69, 9.17) is 4.74 Å². The Morgan fingerprint density at radius 1 is 1.04 bits per heavy atom. The summed E-state index contributed by atoms with van der Waals surface area (Å²) in [7, 11) is 0. The number of carbonyl (C=O) groups excluding carboxylic acids is 2. The molecule has 2 aromatic rings. The minimum atomic E-state index is -1.23. The van der Waals surface area contributed by atoms with Crippen molar-refractivity contribution < 1.29 is 14.3 Å². The van der Waals surface area contributed by atoms with Crippen LogP contribution in [0.1, 0.15) is 13.8 Å². The molecule has 0 aromatic heterocycles. The molecule has 2 rings (SSSR count). The van der Waals surface area contributed by atoms with Crippen LogP contribution >= 0.6 is 0 Å². The molecule has 0 aliphatic carbocycles. The molecule has 2 N–H and O–H groups in total. The molecule has 5 heteroatoms. The SMILES string of the molecule is C=CCNC(=O)C(C)(C)C(=O)Nc1ccccc1Oc1ccccc1. The van der Waals surface area contributed by atoms with Crippen molar-refractivity contribution in [3.8, 4) is 11.5 Å². The first kappa shape index (κ1) is 18.3. The molecule has 130 valence electrons. The molecule has 25 heavy (non-hydrogen) atoms. The molecule has 0 saturated heterocycles. The number of amides is 2. The smallest absolute Gasteiger partial charge is 0.239 e. The molecule has 2 aromatic carbocycles. The van der Waals surface area contributed by atoms with E-state index in [1.54, 1.807) is 38.1 Å². The van der Waals surface area contributed by atoms with Crippen LogP contribution in [0.25, 0.3) is 0 Å². The predicted molar refractivity (Wildman–Crippen MR) is 98.6 cm³/mol. The van der Waals surface area contributed by atoms with E-state index < -0.39 is 11.3 Å². The van der Waals surface area contributed by atoms with Crippen molar-refractivity contribution >= 4 is 17.5 Å². The van der Waals surface area contributed by atoms with E-state index in [9.17, 15) is 9.59 Å². The van der Waals surface area contributed by atoms with Crippen LogP contribution in [0.5, 0.6) is 11.5 Å². The fourth-order valence-electron chi connectivity index (χ4n) is 2.04. The summed E-state index contributed by atoms with van der Waals surface area (Å²) in [4.78, 5) is 24.8. The van der Waals surface area contributed by atoms with Crippen LogP contribution < -0.4 is 15.4 Å². The second-order valence-electron chi connectivity index (χ2n) is 5.99. The Bertz CT molecular complexity index is 755. The first-order valence-electron chi connectivity index (χ1n) is 7.97. The summed E-state index contributed by atoms with van der Waals surface area (Å²) in [5.41, 5.74) is -0.732. The van der Waals surface area contributed by atoms with Crippen LogP contribution in [-0.2, 0) is 9.59 Å². The Morgan fingerprint density at radius 2 is 1.68 bits per heavy atom. The summed E-state index contributed by atoms with van der Waals surface area (Å²) in [6.07, 6.45) is 1.56. The van der Waals surface area contributed by atoms with E-state index in [-0.39, 0.29) is 5.91 Å². The summed E-state index contributed by atoms with van der Waals surface area (Å²) in [6.45, 7) is 7.00. The van der Waals surface area contributed by atoms with Gasteiger partial charge in [0.2, 0.25) is 11.8 Å². The lowest BCUT2D eigenvalue weighted by Gasteiger charge is -2.23. The highest BCUT2D eigenvalue weighted by Crippen LogP contribution is 2.30. The lowest BCUT2D eigenvalue weighted by Crippen LogP contribution is -2.45. The molecule has 0 bridgehead atoms. The largest absolute Gasteiger partial charge is 0.455 e. The average molecular weight is 338 g/mol. The van der Waals surface area contributed by atoms with Crippen molar-refractivity contribution in [2.75, 3.05) is 11.9 Å². The number of hydrogen-bond acceptors (Lipinski definition) is 3. The average Bonchev–Trinajstić information content (AvgIpc) is 2.62. The highest BCUT2D eigenvalue weighted by atomic mass is 16.5. The van der Waals surface area contributed by atoms with Gasteiger partial charge in [-0.05, 0) is 38.1 Å². The van der Waals surface area contributed by atoms with Crippen LogP contribution in [-0.4, -0.2) is 18.4 Å². The van der Waals surface area contributed by atoms with E-state index in [1.807, 2.05) is 36.4 Å². The molecule has 0 aliphatic rings. The lowest BCUT2D eigenvalue weighted by atomic mass is 9.91. The fourth-order valence-corrected chi connectivity index (χ4v) is 2.04. The number of ether oxygens (including phenoxy) is 1. The van der Waals surface area contributed by atoms with Crippen molar-refractivity contribution in [3.63, 3.8) is 0 Å². The van der Waals surface area contributed by atoms with E-state index >= 15 is 0 Å². The number of hydrogen-bond donors (Lipinski definition) is 2. The van der Waals surface area contributed by atoms with Gasteiger partial charge in [-0.2, -0.15) is 0 Å². The van der Waals surface area contributed by atoms with E-state index in [1.165, 1.54) is 0 Å². The van der Waals surface area contributed by atoms with Gasteiger partial charge in [-0.25, -0.2) is 0 Å². The number of para-hydroxylation sites is 3. The molecule has 2 amide bonds. The maximum atomic E-state index is 12.6. The highest BCUT2D eigenvalue weighted by Gasteiger charge is 2.36. The number of carbonyl (C=O) groups is 2. The molecular weight excluding hydrogens is 316 g/mol. The molecule has 5 nitrogen and oxygen atoms in total. The highest BCUT2D eigenvalue weighted by molar-refractivity contribution is 6.10. The molecule has 0 fully saturated rings. The van der Waals surface area contributed by atoms with Crippen molar-refractivity contribution in [1.29, 1.82) is 0 Å². The van der Waals surface area contributed by atoms with Crippen molar-refractivity contribution in [2.24, 2.45) is 5.41 Å². The molecular formula is C20H22N2O3. The molecule has 0 unspecified atom stereocenters. The van der Waals surface area contributed by atoms with Gasteiger partial charge in [0.05, 0.1) is 5.69 Å². The first-order valence-corrected chi connectivity index (χ1v) is 7.97. The zero-order chi connectivity index (χ0) is 18.3. The first-order chi connectivity index (χ1) is 11.9. The third-order valence-electron chi connectivity index (χ3n) is 3.65. The Kier molecular flexibility index (Phi) is 5.95. The summed E-state index contributed by atoms with van der Waals surface area (Å²) >= 11 is 0. The van der Waals surface area contributed by atoms with Crippen LogP contribution in [0.3, 0.4) is 0 Å². The fraction of sp³-hybridized carbons (Fsp3) is 0.200. The van der Waals surface area contributed by atoms with Crippen molar-refractivity contribution in [3.05, 3.63) is 67.3 Å². The second-order valence-corrected chi connectivity index (χ2v) is 5.99. The van der Waals surface area contributed by atoms with Crippen LogP contribution in [0.2, 0.25) is 0 Å². The summed E-state index contributed by atoms with van der Waals surface area (Å²) < 4.78 is 5.82. The predicted octanol–water partition coefficient (Wildman–Crippen LogP) is 3.75. The molecule has 0 saturated carbocycles. The normalized spacial score (nSPS) is 10.6. The van der Waals surface area contributed by atoms with Crippen LogP contribution in [0, 0.1) is 5.41 Å². The number of benzene rings is 2. The third-order valence-corrected chi connectivity index (χ3v) is 3.65. The number of rotatable bonds is 7. The third kappa shape index (κ3) is 4.70. The van der Waals surface area contributed by atoms with Gasteiger partial charge in [-0.3, -0.25) is 9.59 Å². The topological polar surface area (TPSA) is 67.4 Å². The summed E-state index contributed by atoms with van der Waals surface area (Å²) in [5.74, 6) is 0.376. The van der Waals surface area contributed by atoms with Gasteiger partial charge in [-0.15, -0.1) is 6.58 Å². The monoisotopic (exact) mass is 338 g/mol. The molecule has 0 spiro atoms. The van der Waals surface area contributed by atoms with Gasteiger partial charge in [0.1, 0.15) is 11.2 Å². The van der Waals surface area contributed by atoms with Gasteiger partial charge >= 0.3 is 0 Å². The van der Waals surface area contributed by atoms with Crippen LogP contribution in [0.4, 0.5) is 5.69 Å². The Hall–Kier alpha value is -3.08. The zero-order valence-corrected chi connectivity index (χ0v) is 14.4. The second kappa shape index (κ2) is 8.15. The van der Waals surface area contributed by atoms with Gasteiger partial charge in [0.15, 0.2) is 5.75 Å². The lowest BCUT2D eigenvalue weighted by molar-refractivity contribution is -0.138. The molecule has 0 atom stereocenters. The maximum Gasteiger partial charge on any atom is 0.239 e. The quantitative estimate of drug-likeness (QED) is 0.597. The van der Waals surface area contributed by atoms with Gasteiger partial charge in [-0.1, -0.05) is 36.4 Å². The summed E-state index contributed by atoms with van der Waals surface area (Å²) in [5, 5.41) is 5.42. The Morgan fingerprint density at radius 3 is 2.36 bits per heavy atom. The Labute approximate surface area is 147 Å². The number of anilines is 1.